The van der Waals surface area contributed by atoms with Crippen molar-refractivity contribution in [3.05, 3.63) is 57.9 Å². The molecule has 0 saturated carbocycles. The summed E-state index contributed by atoms with van der Waals surface area (Å²) in [5.41, 5.74) is 2.80. The third kappa shape index (κ3) is 4.40. The van der Waals surface area contributed by atoms with Gasteiger partial charge in [-0.05, 0) is 44.9 Å². The zero-order chi connectivity index (χ0) is 17.7. The number of halogens is 2. The van der Waals surface area contributed by atoms with E-state index in [1.165, 1.54) is 4.68 Å². The second-order valence-corrected chi connectivity index (χ2v) is 6.32. The molecule has 0 aliphatic carbocycles. The minimum atomic E-state index is -0.0447. The van der Waals surface area contributed by atoms with E-state index in [9.17, 15) is 4.79 Å². The first-order chi connectivity index (χ1) is 11.4. The molecule has 0 N–H and O–H groups in total. The minimum absolute atomic E-state index is 0.0447. The molecule has 1 heterocycles. The molecule has 2 rings (SSSR count). The number of aromatic nitrogens is 2. The standard InChI is InChI=1S/C18H20Cl2N2O2/c1-4-6-15-12(2)21-22(13(15)3)18(23)7-5-10-24-17-9-8-14(19)11-16(17)20/h4,8-9,11H,1,5-7,10H2,2-3H3. The molecule has 1 aromatic heterocycles. The second kappa shape index (κ2) is 8.36. The highest BCUT2D eigenvalue weighted by atomic mass is 35.5. The Hall–Kier alpha value is -1.78. The van der Waals surface area contributed by atoms with Gasteiger partial charge < -0.3 is 4.74 Å². The molecule has 4 nitrogen and oxygen atoms in total. The van der Waals surface area contributed by atoms with Gasteiger partial charge in [-0.15, -0.1) is 6.58 Å². The van der Waals surface area contributed by atoms with Gasteiger partial charge in [0.25, 0.3) is 0 Å². The highest BCUT2D eigenvalue weighted by Gasteiger charge is 2.15. The lowest BCUT2D eigenvalue weighted by Gasteiger charge is -2.08. The number of carbonyl (C=O) groups is 1. The van der Waals surface area contributed by atoms with E-state index >= 15 is 0 Å². The van der Waals surface area contributed by atoms with Gasteiger partial charge >= 0.3 is 0 Å². The summed E-state index contributed by atoms with van der Waals surface area (Å²) in [7, 11) is 0. The first kappa shape index (κ1) is 18.6. The molecular formula is C18H20Cl2N2O2. The van der Waals surface area contributed by atoms with Crippen LogP contribution in [-0.2, 0) is 6.42 Å². The number of nitrogens with zero attached hydrogens (tertiary/aromatic N) is 2. The van der Waals surface area contributed by atoms with Crippen LogP contribution in [0.5, 0.6) is 5.75 Å². The fourth-order valence-electron chi connectivity index (χ4n) is 2.46. The molecule has 24 heavy (non-hydrogen) atoms. The van der Waals surface area contributed by atoms with Gasteiger partial charge in [0.1, 0.15) is 5.75 Å². The van der Waals surface area contributed by atoms with Crippen LogP contribution < -0.4 is 4.74 Å². The molecule has 0 bridgehead atoms. The maximum absolute atomic E-state index is 12.3. The highest BCUT2D eigenvalue weighted by Crippen LogP contribution is 2.27. The Balaban J connectivity index is 1.89. The van der Waals surface area contributed by atoms with Crippen LogP contribution in [0.4, 0.5) is 0 Å². The van der Waals surface area contributed by atoms with E-state index in [4.69, 9.17) is 27.9 Å². The summed E-state index contributed by atoms with van der Waals surface area (Å²) in [6.07, 6.45) is 3.45. The highest BCUT2D eigenvalue weighted by molar-refractivity contribution is 6.35. The van der Waals surface area contributed by atoms with E-state index in [0.717, 1.165) is 17.0 Å². The van der Waals surface area contributed by atoms with Crippen molar-refractivity contribution in [2.24, 2.45) is 0 Å². The Bertz CT molecular complexity index is 754. The van der Waals surface area contributed by atoms with Crippen molar-refractivity contribution in [3.8, 4) is 5.75 Å². The Morgan fingerprint density at radius 3 is 2.79 bits per heavy atom. The summed E-state index contributed by atoms with van der Waals surface area (Å²) in [4.78, 5) is 12.3. The summed E-state index contributed by atoms with van der Waals surface area (Å²) < 4.78 is 7.07. The summed E-state index contributed by atoms with van der Waals surface area (Å²) >= 11 is 11.9. The number of allylic oxidation sites excluding steroid dienone is 1. The maximum Gasteiger partial charge on any atom is 0.247 e. The molecule has 0 unspecified atom stereocenters. The lowest BCUT2D eigenvalue weighted by Crippen LogP contribution is -2.15. The van der Waals surface area contributed by atoms with E-state index in [-0.39, 0.29) is 5.91 Å². The van der Waals surface area contributed by atoms with Crippen LogP contribution in [0, 0.1) is 13.8 Å². The van der Waals surface area contributed by atoms with Crippen molar-refractivity contribution in [2.75, 3.05) is 6.61 Å². The van der Waals surface area contributed by atoms with Gasteiger partial charge in [-0.2, -0.15) is 5.10 Å². The van der Waals surface area contributed by atoms with Crippen LogP contribution in [0.25, 0.3) is 0 Å². The fraction of sp³-hybridized carbons (Fsp3) is 0.333. The molecule has 0 aliphatic heterocycles. The maximum atomic E-state index is 12.3. The molecule has 128 valence electrons. The van der Waals surface area contributed by atoms with Crippen LogP contribution in [0.1, 0.15) is 34.6 Å². The van der Waals surface area contributed by atoms with E-state index in [0.29, 0.717) is 41.7 Å². The predicted molar refractivity (Wildman–Crippen MR) is 97.4 cm³/mol. The van der Waals surface area contributed by atoms with Gasteiger partial charge in [0.2, 0.25) is 5.91 Å². The fourth-order valence-corrected chi connectivity index (χ4v) is 2.92. The summed E-state index contributed by atoms with van der Waals surface area (Å²) in [6.45, 7) is 7.94. The second-order valence-electron chi connectivity index (χ2n) is 5.47. The van der Waals surface area contributed by atoms with Crippen molar-refractivity contribution >= 4 is 29.1 Å². The number of rotatable bonds is 7. The van der Waals surface area contributed by atoms with Crippen molar-refractivity contribution in [1.82, 2.24) is 9.78 Å². The normalized spacial score (nSPS) is 10.7. The largest absolute Gasteiger partial charge is 0.492 e. The van der Waals surface area contributed by atoms with Gasteiger partial charge in [-0.25, -0.2) is 4.68 Å². The third-order valence-electron chi connectivity index (χ3n) is 3.71. The average Bonchev–Trinajstić information content (AvgIpc) is 2.81. The van der Waals surface area contributed by atoms with Crippen LogP contribution in [0.2, 0.25) is 10.0 Å². The number of benzene rings is 1. The zero-order valence-corrected chi connectivity index (χ0v) is 15.3. The smallest absolute Gasteiger partial charge is 0.247 e. The van der Waals surface area contributed by atoms with E-state index in [2.05, 4.69) is 11.7 Å². The molecule has 0 radical (unpaired) electrons. The Kier molecular flexibility index (Phi) is 6.46. The number of hydrogen-bond donors (Lipinski definition) is 0. The Morgan fingerprint density at radius 2 is 2.12 bits per heavy atom. The number of carbonyl (C=O) groups excluding carboxylic acids is 1. The third-order valence-corrected chi connectivity index (χ3v) is 4.24. The van der Waals surface area contributed by atoms with Gasteiger partial charge in [0.05, 0.1) is 17.3 Å². The Labute approximate surface area is 152 Å². The quantitative estimate of drug-likeness (QED) is 0.509. The molecule has 0 atom stereocenters. The first-order valence-corrected chi connectivity index (χ1v) is 8.46. The van der Waals surface area contributed by atoms with Crippen molar-refractivity contribution < 1.29 is 9.53 Å². The van der Waals surface area contributed by atoms with Gasteiger partial charge in [-0.3, -0.25) is 4.79 Å². The van der Waals surface area contributed by atoms with Crippen LogP contribution in [-0.4, -0.2) is 22.3 Å². The van der Waals surface area contributed by atoms with E-state index in [1.54, 1.807) is 18.2 Å². The average molecular weight is 367 g/mol. The number of hydrogen-bond acceptors (Lipinski definition) is 3. The van der Waals surface area contributed by atoms with E-state index in [1.807, 2.05) is 19.9 Å². The Morgan fingerprint density at radius 1 is 1.38 bits per heavy atom. The molecule has 0 amide bonds. The summed E-state index contributed by atoms with van der Waals surface area (Å²) in [6, 6.07) is 5.06. The molecule has 6 heteroatoms. The van der Waals surface area contributed by atoms with E-state index < -0.39 is 0 Å². The molecule has 0 saturated heterocycles. The summed E-state index contributed by atoms with van der Waals surface area (Å²) in [5.74, 6) is 0.518. The lowest BCUT2D eigenvalue weighted by molar-refractivity contribution is 0.0874. The first-order valence-electron chi connectivity index (χ1n) is 7.71. The van der Waals surface area contributed by atoms with Crippen LogP contribution in [0.15, 0.2) is 30.9 Å². The van der Waals surface area contributed by atoms with Gasteiger partial charge in [-0.1, -0.05) is 29.3 Å². The minimum Gasteiger partial charge on any atom is -0.492 e. The molecule has 0 fully saturated rings. The predicted octanol–water partition coefficient (Wildman–Crippen LogP) is 5.03. The topological polar surface area (TPSA) is 44.1 Å². The van der Waals surface area contributed by atoms with Crippen molar-refractivity contribution in [1.29, 1.82) is 0 Å². The molecule has 2 aromatic rings. The van der Waals surface area contributed by atoms with Crippen LogP contribution in [0.3, 0.4) is 0 Å². The number of ether oxygens (including phenoxy) is 1. The van der Waals surface area contributed by atoms with Gasteiger partial charge in [0, 0.05) is 22.7 Å². The van der Waals surface area contributed by atoms with Crippen LogP contribution >= 0.6 is 23.2 Å². The van der Waals surface area contributed by atoms with Gasteiger partial charge in [0.15, 0.2) is 0 Å². The molecular weight excluding hydrogens is 347 g/mol. The lowest BCUT2D eigenvalue weighted by atomic mass is 10.1. The monoisotopic (exact) mass is 366 g/mol. The summed E-state index contributed by atoms with van der Waals surface area (Å²) in [5, 5.41) is 5.35. The zero-order valence-electron chi connectivity index (χ0n) is 13.8. The number of aryl methyl sites for hydroxylation is 1. The molecule has 0 spiro atoms. The molecule has 0 aliphatic rings. The SMILES string of the molecule is C=CCc1c(C)nn(C(=O)CCCOc2ccc(Cl)cc2Cl)c1C. The van der Waals surface area contributed by atoms with Crippen molar-refractivity contribution in [3.63, 3.8) is 0 Å². The molecule has 1 aromatic carbocycles. The van der Waals surface area contributed by atoms with Crippen molar-refractivity contribution in [2.45, 2.75) is 33.1 Å².